The van der Waals surface area contributed by atoms with Crippen molar-refractivity contribution in [3.63, 3.8) is 0 Å². The van der Waals surface area contributed by atoms with E-state index in [-0.39, 0.29) is 36.4 Å². The molecule has 2 fully saturated rings. The Balaban J connectivity index is 1.54. The van der Waals surface area contributed by atoms with Gasteiger partial charge < -0.3 is 9.64 Å². The van der Waals surface area contributed by atoms with E-state index in [9.17, 15) is 9.18 Å². The van der Waals surface area contributed by atoms with E-state index in [1.54, 1.807) is 18.2 Å². The predicted octanol–water partition coefficient (Wildman–Crippen LogP) is 5.73. The summed E-state index contributed by atoms with van der Waals surface area (Å²) in [5.74, 6) is 3.04. The van der Waals surface area contributed by atoms with E-state index in [2.05, 4.69) is 21.7 Å². The molecule has 2 saturated carbocycles. The van der Waals surface area contributed by atoms with Gasteiger partial charge in [0.25, 0.3) is 0 Å². The van der Waals surface area contributed by atoms with Crippen LogP contribution in [0.4, 0.5) is 4.39 Å². The van der Waals surface area contributed by atoms with Gasteiger partial charge >= 0.3 is 0 Å². The fourth-order valence-corrected chi connectivity index (χ4v) is 6.98. The first-order valence-corrected chi connectivity index (χ1v) is 13.5. The second-order valence-electron chi connectivity index (χ2n) is 10.3. The number of halogens is 1. The van der Waals surface area contributed by atoms with Gasteiger partial charge in [-0.2, -0.15) is 0 Å². The number of hydrogen-bond acceptors (Lipinski definition) is 5. The number of amides is 1. The van der Waals surface area contributed by atoms with Gasteiger partial charge in [0.05, 0.1) is 5.75 Å². The molecule has 0 saturated heterocycles. The number of thioether (sulfide) groups is 1. The van der Waals surface area contributed by atoms with Crippen LogP contribution in [0, 0.1) is 23.6 Å². The maximum absolute atomic E-state index is 14.1. The second kappa shape index (κ2) is 10.7. The lowest BCUT2D eigenvalue weighted by Crippen LogP contribution is -2.43. The summed E-state index contributed by atoms with van der Waals surface area (Å²) in [6.45, 7) is 10.5. The Morgan fingerprint density at radius 1 is 1.15 bits per heavy atom. The summed E-state index contributed by atoms with van der Waals surface area (Å²) >= 11 is 1.44. The van der Waals surface area contributed by atoms with E-state index >= 15 is 0 Å². The van der Waals surface area contributed by atoms with E-state index in [1.807, 2.05) is 32.6 Å². The van der Waals surface area contributed by atoms with Crippen LogP contribution in [0.3, 0.4) is 0 Å². The van der Waals surface area contributed by atoms with Gasteiger partial charge in [-0.25, -0.2) is 4.39 Å². The predicted molar refractivity (Wildman–Crippen MR) is 132 cm³/mol. The van der Waals surface area contributed by atoms with E-state index in [0.29, 0.717) is 17.5 Å². The highest BCUT2D eigenvalue weighted by Crippen LogP contribution is 2.52. The first-order chi connectivity index (χ1) is 16.3. The highest BCUT2D eigenvalue weighted by atomic mass is 32.2. The van der Waals surface area contributed by atoms with Crippen LogP contribution in [0.5, 0.6) is 5.75 Å². The number of carbonyl (C=O) groups is 1. The molecule has 34 heavy (non-hydrogen) atoms. The number of carbonyl (C=O) groups excluding carboxylic acids is 1. The van der Waals surface area contributed by atoms with Gasteiger partial charge in [0.15, 0.2) is 22.5 Å². The van der Waals surface area contributed by atoms with Crippen molar-refractivity contribution in [2.24, 2.45) is 17.8 Å². The molecule has 1 amide bonds. The quantitative estimate of drug-likeness (QED) is 0.400. The van der Waals surface area contributed by atoms with Crippen molar-refractivity contribution in [1.29, 1.82) is 0 Å². The largest absolute Gasteiger partial charge is 0.483 e. The van der Waals surface area contributed by atoms with Crippen LogP contribution in [-0.2, 0) is 11.4 Å². The van der Waals surface area contributed by atoms with Gasteiger partial charge in [0.1, 0.15) is 6.61 Å². The van der Waals surface area contributed by atoms with Crippen LogP contribution < -0.4 is 4.74 Å². The molecule has 6 nitrogen and oxygen atoms in total. The Morgan fingerprint density at radius 2 is 1.88 bits per heavy atom. The summed E-state index contributed by atoms with van der Waals surface area (Å²) in [5, 5.41) is 9.63. The molecule has 0 spiro atoms. The lowest BCUT2D eigenvalue weighted by Gasteiger charge is -2.31. The van der Waals surface area contributed by atoms with Gasteiger partial charge in [0, 0.05) is 18.1 Å². The normalized spacial score (nSPS) is 22.5. The van der Waals surface area contributed by atoms with Crippen LogP contribution in [0.1, 0.15) is 72.2 Å². The minimum atomic E-state index is -0.391. The summed E-state index contributed by atoms with van der Waals surface area (Å²) < 4.78 is 22.1. The summed E-state index contributed by atoms with van der Waals surface area (Å²) in [7, 11) is 0. The van der Waals surface area contributed by atoms with Crippen molar-refractivity contribution < 1.29 is 13.9 Å². The Labute approximate surface area is 206 Å². The highest BCUT2D eigenvalue weighted by Gasteiger charge is 2.43. The number of para-hydroxylation sites is 1. The van der Waals surface area contributed by atoms with E-state index in [4.69, 9.17) is 4.74 Å². The lowest BCUT2D eigenvalue weighted by molar-refractivity contribution is -0.131. The average Bonchev–Trinajstić information content (AvgIpc) is 3.52. The SMILES string of the molecule is CC(C)N(C(=O)CSc1nnc(COc2ccccc2F)n1C(C)C1CC2CCC1C2)C(C)C. The third-order valence-corrected chi connectivity index (χ3v) is 8.40. The molecule has 8 heteroatoms. The second-order valence-corrected chi connectivity index (χ2v) is 11.3. The number of rotatable bonds is 10. The molecule has 2 aliphatic carbocycles. The van der Waals surface area contributed by atoms with Crippen molar-refractivity contribution >= 4 is 17.7 Å². The minimum Gasteiger partial charge on any atom is -0.483 e. The first-order valence-electron chi connectivity index (χ1n) is 12.5. The van der Waals surface area contributed by atoms with E-state index in [0.717, 1.165) is 17.0 Å². The topological polar surface area (TPSA) is 60.3 Å². The molecule has 4 atom stereocenters. The molecule has 0 radical (unpaired) electrons. The summed E-state index contributed by atoms with van der Waals surface area (Å²) in [4.78, 5) is 14.9. The van der Waals surface area contributed by atoms with E-state index < -0.39 is 5.82 Å². The Morgan fingerprint density at radius 3 is 2.50 bits per heavy atom. The first kappa shape index (κ1) is 25.0. The maximum Gasteiger partial charge on any atom is 0.233 e. The molecule has 4 rings (SSSR count). The monoisotopic (exact) mass is 488 g/mol. The molecule has 0 aliphatic heterocycles. The lowest BCUT2D eigenvalue weighted by atomic mass is 9.84. The zero-order valence-electron chi connectivity index (χ0n) is 20.9. The smallest absolute Gasteiger partial charge is 0.233 e. The average molecular weight is 489 g/mol. The van der Waals surface area contributed by atoms with Gasteiger partial charge in [-0.3, -0.25) is 9.36 Å². The molecule has 0 N–H and O–H groups in total. The molecule has 4 unspecified atom stereocenters. The van der Waals surface area contributed by atoms with E-state index in [1.165, 1.54) is 43.5 Å². The van der Waals surface area contributed by atoms with Crippen molar-refractivity contribution in [2.75, 3.05) is 5.75 Å². The highest BCUT2D eigenvalue weighted by molar-refractivity contribution is 7.99. The van der Waals surface area contributed by atoms with Crippen LogP contribution in [-0.4, -0.2) is 43.4 Å². The van der Waals surface area contributed by atoms with Gasteiger partial charge in [0.2, 0.25) is 5.91 Å². The van der Waals surface area contributed by atoms with Crippen LogP contribution >= 0.6 is 11.8 Å². The number of benzene rings is 1. The fraction of sp³-hybridized carbons (Fsp3) is 0.654. The third-order valence-electron chi connectivity index (χ3n) is 7.47. The molecule has 186 valence electrons. The van der Waals surface area contributed by atoms with Crippen LogP contribution in [0.15, 0.2) is 29.4 Å². The van der Waals surface area contributed by atoms with Crippen molar-refractivity contribution in [2.45, 2.75) is 90.2 Å². The summed E-state index contributed by atoms with van der Waals surface area (Å²) in [6, 6.07) is 6.89. The molecule has 1 aromatic heterocycles. The number of hydrogen-bond donors (Lipinski definition) is 0. The summed E-state index contributed by atoms with van der Waals surface area (Å²) in [6.07, 6.45) is 5.18. The maximum atomic E-state index is 14.1. The molecular weight excluding hydrogens is 451 g/mol. The Bertz CT molecular complexity index is 987. The number of aromatic nitrogens is 3. The van der Waals surface area contributed by atoms with Crippen molar-refractivity contribution in [3.05, 3.63) is 35.9 Å². The van der Waals surface area contributed by atoms with Gasteiger partial charge in [-0.05, 0) is 83.8 Å². The van der Waals surface area contributed by atoms with Gasteiger partial charge in [-0.1, -0.05) is 30.3 Å². The summed E-state index contributed by atoms with van der Waals surface area (Å²) in [5.41, 5.74) is 0. The van der Waals surface area contributed by atoms with Crippen molar-refractivity contribution in [1.82, 2.24) is 19.7 Å². The number of fused-ring (bicyclic) bond motifs is 2. The number of nitrogens with zero attached hydrogens (tertiary/aromatic N) is 4. The zero-order chi connectivity index (χ0) is 24.4. The van der Waals surface area contributed by atoms with Gasteiger partial charge in [-0.15, -0.1) is 10.2 Å². The Kier molecular flexibility index (Phi) is 7.85. The van der Waals surface area contributed by atoms with Crippen molar-refractivity contribution in [3.8, 4) is 5.75 Å². The molecule has 1 heterocycles. The minimum absolute atomic E-state index is 0.0984. The van der Waals surface area contributed by atoms with Crippen LogP contribution in [0.2, 0.25) is 0 Å². The van der Waals surface area contributed by atoms with Crippen LogP contribution in [0.25, 0.3) is 0 Å². The molecule has 2 aliphatic rings. The fourth-order valence-electron chi connectivity index (χ4n) is 6.07. The molecule has 2 aromatic rings. The zero-order valence-corrected chi connectivity index (χ0v) is 21.7. The molecular formula is C26H37FN4O2S. The molecule has 1 aromatic carbocycles. The Hall–Kier alpha value is -2.09. The third kappa shape index (κ3) is 5.26. The number of ether oxygens (including phenoxy) is 1. The standard InChI is InChI=1S/C26H37FN4O2S/c1-16(2)30(17(3)4)25(32)15-34-26-29-28-24(14-33-23-9-7-6-8-22(23)27)31(26)18(5)21-13-19-10-11-20(21)12-19/h6-9,16-21H,10-15H2,1-5H3. The molecule has 2 bridgehead atoms.